The lowest BCUT2D eigenvalue weighted by atomic mass is 9.99. The molecule has 1 atom stereocenters. The van der Waals surface area contributed by atoms with Crippen LogP contribution in [0.4, 0.5) is 4.79 Å². The van der Waals surface area contributed by atoms with Gasteiger partial charge >= 0.3 is 6.03 Å². The van der Waals surface area contributed by atoms with Gasteiger partial charge in [-0.15, -0.1) is 0 Å². The molecule has 2 rings (SSSR count). The van der Waals surface area contributed by atoms with Crippen LogP contribution in [0.5, 0.6) is 0 Å². The topological polar surface area (TPSA) is 46.3 Å². The zero-order valence-electron chi connectivity index (χ0n) is 8.32. The van der Waals surface area contributed by atoms with Crippen molar-refractivity contribution in [1.29, 1.82) is 0 Å². The molecule has 4 heteroatoms. The summed E-state index contributed by atoms with van der Waals surface area (Å²) in [4.78, 5) is 12.6. The molecule has 1 aliphatic heterocycles. The number of urea groups is 1. The van der Waals surface area contributed by atoms with Gasteiger partial charge < -0.3 is 10.6 Å². The van der Waals surface area contributed by atoms with Gasteiger partial charge in [0.05, 0.1) is 0 Å². The third-order valence-electron chi connectivity index (χ3n) is 2.84. The van der Waals surface area contributed by atoms with Crippen molar-refractivity contribution in [1.82, 2.24) is 4.90 Å². The van der Waals surface area contributed by atoms with Gasteiger partial charge in [0.1, 0.15) is 0 Å². The van der Waals surface area contributed by atoms with E-state index in [2.05, 4.69) is 0 Å². The lowest BCUT2D eigenvalue weighted by Crippen LogP contribution is -2.33. The summed E-state index contributed by atoms with van der Waals surface area (Å²) in [7, 11) is 0. The summed E-state index contributed by atoms with van der Waals surface area (Å²) in [5, 5.41) is 0.739. The van der Waals surface area contributed by atoms with E-state index in [0.717, 1.165) is 24.5 Å². The summed E-state index contributed by atoms with van der Waals surface area (Å²) in [6.07, 6.45) is 0.977. The zero-order valence-corrected chi connectivity index (χ0v) is 9.07. The number of primary amides is 1. The van der Waals surface area contributed by atoms with Crippen LogP contribution >= 0.6 is 11.6 Å². The maximum Gasteiger partial charge on any atom is 0.314 e. The second-order valence-electron chi connectivity index (χ2n) is 3.82. The lowest BCUT2D eigenvalue weighted by molar-refractivity contribution is 0.218. The van der Waals surface area contributed by atoms with Crippen LogP contribution < -0.4 is 5.73 Å². The molecule has 1 unspecified atom stereocenters. The number of nitrogens with zero attached hydrogens (tertiary/aromatic N) is 1. The standard InChI is InChI=1S/C11H13ClN2O/c12-10-3-1-8(2-4-10)9-5-6-14(7-9)11(13)15/h1-4,9H,5-7H2,(H2,13,15). The summed E-state index contributed by atoms with van der Waals surface area (Å²) in [6.45, 7) is 1.47. The summed E-state index contributed by atoms with van der Waals surface area (Å²) in [5.41, 5.74) is 6.45. The van der Waals surface area contributed by atoms with Gasteiger partial charge in [-0.25, -0.2) is 4.79 Å². The molecular formula is C11H13ClN2O. The SMILES string of the molecule is NC(=O)N1CCC(c2ccc(Cl)cc2)C1. The maximum atomic E-state index is 11.0. The van der Waals surface area contributed by atoms with Gasteiger partial charge in [-0.3, -0.25) is 0 Å². The molecule has 0 radical (unpaired) electrons. The molecule has 0 aliphatic carbocycles. The van der Waals surface area contributed by atoms with Crippen molar-refractivity contribution in [2.45, 2.75) is 12.3 Å². The third kappa shape index (κ3) is 2.23. The highest BCUT2D eigenvalue weighted by Gasteiger charge is 2.25. The second kappa shape index (κ2) is 4.11. The molecule has 3 nitrogen and oxygen atoms in total. The Labute approximate surface area is 93.8 Å². The van der Waals surface area contributed by atoms with Crippen LogP contribution in [0.25, 0.3) is 0 Å². The minimum absolute atomic E-state index is 0.327. The van der Waals surface area contributed by atoms with E-state index in [1.807, 2.05) is 24.3 Å². The monoisotopic (exact) mass is 224 g/mol. The van der Waals surface area contributed by atoms with E-state index in [-0.39, 0.29) is 6.03 Å². The average Bonchev–Trinajstić information content (AvgIpc) is 2.68. The minimum Gasteiger partial charge on any atom is -0.351 e. The molecule has 1 saturated heterocycles. The van der Waals surface area contributed by atoms with Gasteiger partial charge in [0.15, 0.2) is 0 Å². The first-order valence-electron chi connectivity index (χ1n) is 4.96. The Balaban J connectivity index is 2.07. The lowest BCUT2D eigenvalue weighted by Gasteiger charge is -2.13. The molecule has 0 aromatic heterocycles. The number of benzene rings is 1. The molecule has 80 valence electrons. The van der Waals surface area contributed by atoms with E-state index in [1.54, 1.807) is 4.90 Å². The van der Waals surface area contributed by atoms with Crippen molar-refractivity contribution in [3.8, 4) is 0 Å². The van der Waals surface area contributed by atoms with Gasteiger partial charge in [0.2, 0.25) is 0 Å². The summed E-state index contributed by atoms with van der Waals surface area (Å²) >= 11 is 5.81. The molecule has 0 spiro atoms. The number of nitrogens with two attached hydrogens (primary N) is 1. The smallest absolute Gasteiger partial charge is 0.314 e. The number of amides is 2. The van der Waals surface area contributed by atoms with E-state index in [9.17, 15) is 4.79 Å². The van der Waals surface area contributed by atoms with E-state index < -0.39 is 0 Å². The second-order valence-corrected chi connectivity index (χ2v) is 4.26. The van der Waals surface area contributed by atoms with Crippen molar-refractivity contribution in [2.75, 3.05) is 13.1 Å². The van der Waals surface area contributed by atoms with E-state index >= 15 is 0 Å². The van der Waals surface area contributed by atoms with E-state index in [1.165, 1.54) is 5.56 Å². The van der Waals surface area contributed by atoms with Gasteiger partial charge in [0, 0.05) is 24.0 Å². The molecule has 15 heavy (non-hydrogen) atoms. The first-order valence-corrected chi connectivity index (χ1v) is 5.34. The number of likely N-dealkylation sites (tertiary alicyclic amines) is 1. The largest absolute Gasteiger partial charge is 0.351 e. The fourth-order valence-electron chi connectivity index (χ4n) is 1.97. The quantitative estimate of drug-likeness (QED) is 0.781. The van der Waals surface area contributed by atoms with Crippen molar-refractivity contribution < 1.29 is 4.79 Å². The summed E-state index contributed by atoms with van der Waals surface area (Å²) in [5.74, 6) is 0.398. The molecule has 2 N–H and O–H groups in total. The molecule has 1 aromatic rings. The van der Waals surface area contributed by atoms with Crippen molar-refractivity contribution in [3.63, 3.8) is 0 Å². The van der Waals surface area contributed by atoms with Crippen LogP contribution in [-0.4, -0.2) is 24.0 Å². The molecule has 1 heterocycles. The number of carbonyl (C=O) groups excluding carboxylic acids is 1. The van der Waals surface area contributed by atoms with Crippen LogP contribution in [-0.2, 0) is 0 Å². The Morgan fingerprint density at radius 3 is 2.60 bits per heavy atom. The van der Waals surface area contributed by atoms with Crippen LogP contribution in [0.1, 0.15) is 17.9 Å². The van der Waals surface area contributed by atoms with Crippen LogP contribution in [0, 0.1) is 0 Å². The van der Waals surface area contributed by atoms with Crippen molar-refractivity contribution in [2.24, 2.45) is 5.73 Å². The van der Waals surface area contributed by atoms with Crippen molar-refractivity contribution >= 4 is 17.6 Å². The first kappa shape index (κ1) is 10.3. The van der Waals surface area contributed by atoms with Gasteiger partial charge in [0.25, 0.3) is 0 Å². The Morgan fingerprint density at radius 1 is 1.40 bits per heavy atom. The highest BCUT2D eigenvalue weighted by atomic mass is 35.5. The third-order valence-corrected chi connectivity index (χ3v) is 3.09. The normalized spacial score (nSPS) is 20.6. The number of halogens is 1. The van der Waals surface area contributed by atoms with E-state index in [4.69, 9.17) is 17.3 Å². The molecule has 1 aromatic carbocycles. The first-order chi connectivity index (χ1) is 7.16. The van der Waals surface area contributed by atoms with Crippen LogP contribution in [0.15, 0.2) is 24.3 Å². The minimum atomic E-state index is -0.327. The molecule has 2 amide bonds. The molecule has 1 fully saturated rings. The number of hydrogen-bond donors (Lipinski definition) is 1. The predicted molar refractivity (Wildman–Crippen MR) is 60.0 cm³/mol. The number of carbonyl (C=O) groups is 1. The summed E-state index contributed by atoms with van der Waals surface area (Å²) < 4.78 is 0. The molecule has 0 bridgehead atoms. The highest BCUT2D eigenvalue weighted by Crippen LogP contribution is 2.27. The Hall–Kier alpha value is -1.22. The van der Waals surface area contributed by atoms with Crippen molar-refractivity contribution in [3.05, 3.63) is 34.9 Å². The highest BCUT2D eigenvalue weighted by molar-refractivity contribution is 6.30. The summed E-state index contributed by atoms with van der Waals surface area (Å²) in [6, 6.07) is 7.45. The fourth-order valence-corrected chi connectivity index (χ4v) is 2.09. The van der Waals surface area contributed by atoms with Crippen LogP contribution in [0.3, 0.4) is 0 Å². The van der Waals surface area contributed by atoms with Crippen LogP contribution in [0.2, 0.25) is 5.02 Å². The molecule has 0 saturated carbocycles. The fraction of sp³-hybridized carbons (Fsp3) is 0.364. The Bertz CT molecular complexity index is 363. The number of hydrogen-bond acceptors (Lipinski definition) is 1. The predicted octanol–water partition coefficient (Wildman–Crippen LogP) is 2.21. The maximum absolute atomic E-state index is 11.0. The van der Waals surface area contributed by atoms with Gasteiger partial charge in [-0.1, -0.05) is 23.7 Å². The average molecular weight is 225 g/mol. The zero-order chi connectivity index (χ0) is 10.8. The Morgan fingerprint density at radius 2 is 2.07 bits per heavy atom. The molecular weight excluding hydrogens is 212 g/mol. The van der Waals surface area contributed by atoms with E-state index in [0.29, 0.717) is 5.92 Å². The number of rotatable bonds is 1. The van der Waals surface area contributed by atoms with Gasteiger partial charge in [-0.05, 0) is 24.1 Å². The van der Waals surface area contributed by atoms with Gasteiger partial charge in [-0.2, -0.15) is 0 Å². The Kier molecular flexibility index (Phi) is 2.82. The molecule has 1 aliphatic rings.